The molecule has 0 bridgehead atoms. The third kappa shape index (κ3) is 7.47. The summed E-state index contributed by atoms with van der Waals surface area (Å²) < 4.78 is 165. The van der Waals surface area contributed by atoms with Gasteiger partial charge in [-0.05, 0) is 96.6 Å². The van der Waals surface area contributed by atoms with Crippen LogP contribution in [0.3, 0.4) is 0 Å². The first kappa shape index (κ1) is 36.0. The molecule has 0 amide bonds. The van der Waals surface area contributed by atoms with Crippen molar-refractivity contribution >= 4 is 0 Å². The van der Waals surface area contributed by atoms with Crippen molar-refractivity contribution < 1.29 is 53.0 Å². The second kappa shape index (κ2) is 14.3. The van der Waals surface area contributed by atoms with Crippen LogP contribution in [0, 0.1) is 70.1 Å². The topological polar surface area (TPSA) is 9.23 Å². The molecule has 0 saturated carbocycles. The van der Waals surface area contributed by atoms with Gasteiger partial charge in [-0.25, -0.2) is 39.5 Å². The lowest BCUT2D eigenvalue weighted by Gasteiger charge is -2.20. The molecule has 0 radical (unpaired) electrons. The Morgan fingerprint density at radius 2 is 1.10 bits per heavy atom. The van der Waals surface area contributed by atoms with E-state index in [4.69, 9.17) is 0 Å². The summed E-state index contributed by atoms with van der Waals surface area (Å²) in [4.78, 5) is 0. The van der Waals surface area contributed by atoms with E-state index in [1.807, 2.05) is 6.92 Å². The van der Waals surface area contributed by atoms with Gasteiger partial charge < -0.3 is 4.74 Å². The van der Waals surface area contributed by atoms with Crippen molar-refractivity contribution in [3.63, 3.8) is 0 Å². The highest BCUT2D eigenvalue weighted by Gasteiger charge is 2.41. The summed E-state index contributed by atoms with van der Waals surface area (Å²) in [6.07, 6.45) is -3.67. The van der Waals surface area contributed by atoms with Gasteiger partial charge in [0.05, 0.1) is 5.56 Å². The fourth-order valence-electron chi connectivity index (χ4n) is 5.35. The van der Waals surface area contributed by atoms with E-state index in [0.717, 1.165) is 18.2 Å². The van der Waals surface area contributed by atoms with Crippen LogP contribution in [0.15, 0.2) is 72.8 Å². The second-order valence-corrected chi connectivity index (χ2v) is 11.3. The predicted molar refractivity (Wildman–Crippen MR) is 164 cm³/mol. The normalized spacial score (nSPS) is 12.0. The Labute approximate surface area is 279 Å². The van der Waals surface area contributed by atoms with Gasteiger partial charge in [-0.15, -0.1) is 11.8 Å². The molecule has 0 aliphatic heterocycles. The average Bonchev–Trinajstić information content (AvgIpc) is 3.01. The SMILES string of the molecule is CC#CC(C)CCc1ccc(-c2cc(F)c(-c3cc(F)c(C(F)(F)Oc4ccc(-c5cc(F)c(F)c(F)c5)c(F)c4)c(F)c3)c(F)c2)c(F)c1. The largest absolute Gasteiger partial charge is 0.432 e. The van der Waals surface area contributed by atoms with Gasteiger partial charge in [-0.1, -0.05) is 19.1 Å². The van der Waals surface area contributed by atoms with Crippen LogP contribution >= 0.6 is 0 Å². The third-order valence-corrected chi connectivity index (χ3v) is 7.75. The zero-order chi connectivity index (χ0) is 36.5. The van der Waals surface area contributed by atoms with E-state index in [0.29, 0.717) is 42.7 Å². The molecule has 0 aliphatic carbocycles. The van der Waals surface area contributed by atoms with Crippen molar-refractivity contribution in [3.05, 3.63) is 136 Å². The van der Waals surface area contributed by atoms with Crippen molar-refractivity contribution in [2.75, 3.05) is 0 Å². The maximum absolute atomic E-state index is 15.2. The fraction of sp³-hybridized carbons (Fsp3) is 0.158. The van der Waals surface area contributed by atoms with Gasteiger partial charge in [0.1, 0.15) is 46.2 Å². The van der Waals surface area contributed by atoms with Crippen LogP contribution in [-0.2, 0) is 12.5 Å². The second-order valence-electron chi connectivity index (χ2n) is 11.3. The summed E-state index contributed by atoms with van der Waals surface area (Å²) >= 11 is 0. The van der Waals surface area contributed by atoms with E-state index in [1.54, 1.807) is 13.0 Å². The molecule has 0 aliphatic rings. The quantitative estimate of drug-likeness (QED) is 0.0843. The molecule has 5 rings (SSSR count). The van der Waals surface area contributed by atoms with Crippen LogP contribution in [-0.4, -0.2) is 0 Å². The summed E-state index contributed by atoms with van der Waals surface area (Å²) in [7, 11) is 0. The molecule has 0 saturated heterocycles. The summed E-state index contributed by atoms with van der Waals surface area (Å²) in [5.41, 5.74) is -4.58. The van der Waals surface area contributed by atoms with E-state index in [9.17, 15) is 22.0 Å². The summed E-state index contributed by atoms with van der Waals surface area (Å²) in [6, 6.07) is 8.74. The van der Waals surface area contributed by atoms with Crippen LogP contribution in [0.2, 0.25) is 0 Å². The lowest BCUT2D eigenvalue weighted by Crippen LogP contribution is -2.25. The number of alkyl halides is 2. The minimum Gasteiger partial charge on any atom is -0.429 e. The molecule has 5 aromatic carbocycles. The number of halogens is 11. The molecular weight excluding hydrogens is 681 g/mol. The first-order valence-corrected chi connectivity index (χ1v) is 14.8. The van der Waals surface area contributed by atoms with Crippen molar-refractivity contribution in [3.8, 4) is 51.0 Å². The van der Waals surface area contributed by atoms with Gasteiger partial charge in [-0.2, -0.15) is 8.78 Å². The van der Waals surface area contributed by atoms with Gasteiger partial charge in [0.25, 0.3) is 0 Å². The Hall–Kier alpha value is -5.31. The van der Waals surface area contributed by atoms with E-state index in [-0.39, 0.29) is 29.2 Å². The highest BCUT2D eigenvalue weighted by Crippen LogP contribution is 2.40. The minimum absolute atomic E-state index is 0.0706. The van der Waals surface area contributed by atoms with Gasteiger partial charge in [0.2, 0.25) is 0 Å². The Morgan fingerprint density at radius 1 is 0.600 bits per heavy atom. The maximum Gasteiger partial charge on any atom is 0.432 e. The van der Waals surface area contributed by atoms with Crippen LogP contribution < -0.4 is 4.74 Å². The standard InChI is InChI=1S/C38H23F11O/c1-3-4-19(2)5-6-20-7-9-25(27(39)11-20)21-12-29(41)35(30(42)13-21)23-16-31(43)36(32(44)17-23)38(48,49)50-24-8-10-26(28(40)18-24)22-14-33(45)37(47)34(46)15-22/h7-19H,5-6H2,1-2H3. The van der Waals surface area contributed by atoms with E-state index >= 15 is 26.3 Å². The van der Waals surface area contributed by atoms with E-state index in [2.05, 4.69) is 16.6 Å². The molecule has 50 heavy (non-hydrogen) atoms. The molecule has 1 unspecified atom stereocenters. The van der Waals surface area contributed by atoms with Gasteiger partial charge in [0.15, 0.2) is 17.5 Å². The molecule has 1 atom stereocenters. The average molecular weight is 705 g/mol. The Morgan fingerprint density at radius 3 is 1.62 bits per heavy atom. The Kier molecular flexibility index (Phi) is 10.3. The highest BCUT2D eigenvalue weighted by atomic mass is 19.3. The zero-order valence-corrected chi connectivity index (χ0v) is 26.0. The maximum atomic E-state index is 15.2. The lowest BCUT2D eigenvalue weighted by atomic mass is 9.95. The van der Waals surface area contributed by atoms with E-state index < -0.39 is 92.0 Å². The predicted octanol–water partition coefficient (Wildman–Crippen LogP) is 11.7. The number of ether oxygens (including phenoxy) is 1. The molecule has 12 heteroatoms. The number of hydrogen-bond acceptors (Lipinski definition) is 1. The molecule has 0 fully saturated rings. The Balaban J connectivity index is 1.39. The van der Waals surface area contributed by atoms with Gasteiger partial charge >= 0.3 is 6.11 Å². The van der Waals surface area contributed by atoms with Crippen molar-refractivity contribution in [1.29, 1.82) is 0 Å². The molecule has 5 aromatic rings. The third-order valence-electron chi connectivity index (χ3n) is 7.75. The first-order chi connectivity index (χ1) is 23.6. The monoisotopic (exact) mass is 704 g/mol. The molecule has 0 aromatic heterocycles. The smallest absolute Gasteiger partial charge is 0.429 e. The molecule has 258 valence electrons. The van der Waals surface area contributed by atoms with Gasteiger partial charge in [0, 0.05) is 23.1 Å². The Bertz CT molecular complexity index is 2100. The number of benzene rings is 5. The number of hydrogen-bond donors (Lipinski definition) is 0. The van der Waals surface area contributed by atoms with Crippen LogP contribution in [0.1, 0.15) is 31.4 Å². The van der Waals surface area contributed by atoms with Crippen molar-refractivity contribution in [1.82, 2.24) is 0 Å². The van der Waals surface area contributed by atoms with Crippen molar-refractivity contribution in [2.24, 2.45) is 5.92 Å². The zero-order valence-electron chi connectivity index (χ0n) is 26.0. The molecule has 0 spiro atoms. The number of rotatable bonds is 9. The van der Waals surface area contributed by atoms with E-state index in [1.165, 1.54) is 12.1 Å². The summed E-state index contributed by atoms with van der Waals surface area (Å²) in [5, 5.41) is 0. The highest BCUT2D eigenvalue weighted by molar-refractivity contribution is 5.73. The van der Waals surface area contributed by atoms with Crippen molar-refractivity contribution in [2.45, 2.75) is 32.8 Å². The van der Waals surface area contributed by atoms with Gasteiger partial charge in [-0.3, -0.25) is 0 Å². The molecule has 1 nitrogen and oxygen atoms in total. The fourth-order valence-corrected chi connectivity index (χ4v) is 5.35. The minimum atomic E-state index is -4.82. The lowest BCUT2D eigenvalue weighted by molar-refractivity contribution is -0.189. The molecule has 0 heterocycles. The van der Waals surface area contributed by atoms with Crippen LogP contribution in [0.5, 0.6) is 5.75 Å². The number of aryl methyl sites for hydroxylation is 1. The van der Waals surface area contributed by atoms with Crippen LogP contribution in [0.25, 0.3) is 33.4 Å². The molecular formula is C38H23F11O. The first-order valence-electron chi connectivity index (χ1n) is 14.8. The summed E-state index contributed by atoms with van der Waals surface area (Å²) in [5.74, 6) is -9.09. The van der Waals surface area contributed by atoms with Crippen LogP contribution in [0.4, 0.5) is 48.3 Å². The summed E-state index contributed by atoms with van der Waals surface area (Å²) in [6.45, 7) is 3.62. The molecule has 0 N–H and O–H groups in total.